The first-order valence-electron chi connectivity index (χ1n) is 8.41. The Morgan fingerprint density at radius 1 is 0.931 bits per heavy atom. The van der Waals surface area contributed by atoms with E-state index in [-0.39, 0.29) is 18.3 Å². The molecule has 2 aromatic carbocycles. The smallest absolute Gasteiger partial charge is 0.276 e. The average Bonchev–Trinajstić information content (AvgIpc) is 2.66. The van der Waals surface area contributed by atoms with Crippen molar-refractivity contribution in [1.29, 1.82) is 0 Å². The molecule has 29 heavy (non-hydrogen) atoms. The maximum Gasteiger partial charge on any atom is 0.276 e. The van der Waals surface area contributed by atoms with Crippen molar-refractivity contribution >= 4 is 61.0 Å². The van der Waals surface area contributed by atoms with Crippen LogP contribution in [0, 0.1) is 13.8 Å². The topological polar surface area (TPSA) is 88.7 Å². The van der Waals surface area contributed by atoms with E-state index in [0.29, 0.717) is 16.0 Å². The molecule has 154 valence electrons. The number of halogens is 2. The molecule has 0 aromatic heterocycles. The van der Waals surface area contributed by atoms with E-state index in [0.717, 1.165) is 15.6 Å². The summed E-state index contributed by atoms with van der Waals surface area (Å²) in [7, 11) is 0. The van der Waals surface area contributed by atoms with Crippen LogP contribution in [0.15, 0.2) is 45.3 Å². The molecule has 0 saturated carbocycles. The molecule has 2 aromatic rings. The summed E-state index contributed by atoms with van der Waals surface area (Å²) in [6.45, 7) is 3.39. The predicted octanol–water partition coefficient (Wildman–Crippen LogP) is 3.31. The first-order chi connectivity index (χ1) is 13.7. The molecule has 0 heterocycles. The van der Waals surface area contributed by atoms with Gasteiger partial charge in [0.15, 0.2) is 18.3 Å². The van der Waals surface area contributed by atoms with E-state index >= 15 is 0 Å². The van der Waals surface area contributed by atoms with Crippen LogP contribution in [0.3, 0.4) is 0 Å². The van der Waals surface area contributed by atoms with Gasteiger partial charge in [0.2, 0.25) is 0 Å². The van der Waals surface area contributed by atoms with Crippen molar-refractivity contribution in [1.82, 2.24) is 16.2 Å². The minimum absolute atomic E-state index is 0.0577. The number of aryl methyl sites for hydroxylation is 2. The van der Waals surface area contributed by atoms with Gasteiger partial charge in [-0.05, 0) is 77.4 Å². The SMILES string of the molecule is Cc1ccc(C)c(OCC(=O)NC(=S)NNC(=O)COc2ccc(Br)cc2Br)c1. The Balaban J connectivity index is 1.69. The van der Waals surface area contributed by atoms with Gasteiger partial charge < -0.3 is 9.47 Å². The van der Waals surface area contributed by atoms with E-state index in [9.17, 15) is 9.59 Å². The Hall–Kier alpha value is -2.17. The molecular weight excluding hydrogens is 526 g/mol. The number of carbonyl (C=O) groups is 2. The fourth-order valence-corrected chi connectivity index (χ4v) is 3.42. The summed E-state index contributed by atoms with van der Waals surface area (Å²) in [6, 6.07) is 11.0. The summed E-state index contributed by atoms with van der Waals surface area (Å²) in [5, 5.41) is 2.36. The van der Waals surface area contributed by atoms with Gasteiger partial charge in [0.05, 0.1) is 4.47 Å². The Labute approximate surface area is 190 Å². The summed E-state index contributed by atoms with van der Waals surface area (Å²) in [4.78, 5) is 23.8. The first kappa shape index (κ1) is 23.1. The molecule has 2 rings (SSSR count). The second-order valence-corrected chi connectivity index (χ2v) is 8.15. The number of ether oxygens (including phenoxy) is 2. The summed E-state index contributed by atoms with van der Waals surface area (Å²) in [5.41, 5.74) is 6.74. The molecular formula is C19H19Br2N3O4S. The molecule has 2 amide bonds. The van der Waals surface area contributed by atoms with Crippen LogP contribution in [0.1, 0.15) is 11.1 Å². The van der Waals surface area contributed by atoms with Gasteiger partial charge in [0.1, 0.15) is 11.5 Å². The van der Waals surface area contributed by atoms with Crippen LogP contribution < -0.4 is 25.6 Å². The Morgan fingerprint density at radius 3 is 2.34 bits per heavy atom. The number of thiocarbonyl (C=S) groups is 1. The molecule has 0 saturated heterocycles. The van der Waals surface area contributed by atoms with E-state index in [1.165, 1.54) is 0 Å². The van der Waals surface area contributed by atoms with Crippen molar-refractivity contribution in [3.8, 4) is 11.5 Å². The van der Waals surface area contributed by atoms with Gasteiger partial charge in [-0.15, -0.1) is 0 Å². The van der Waals surface area contributed by atoms with Crippen molar-refractivity contribution in [2.45, 2.75) is 13.8 Å². The zero-order valence-electron chi connectivity index (χ0n) is 15.7. The third-order valence-corrected chi connectivity index (χ3v) is 4.84. The van der Waals surface area contributed by atoms with Crippen molar-refractivity contribution in [3.05, 3.63) is 56.5 Å². The lowest BCUT2D eigenvalue weighted by Crippen LogP contribution is -2.50. The number of hydrogen-bond donors (Lipinski definition) is 3. The Bertz CT molecular complexity index is 924. The molecule has 0 spiro atoms. The molecule has 10 heteroatoms. The standard InChI is InChI=1S/C19H19Br2N3O4S/c1-11-3-4-12(2)16(7-11)28-9-17(25)22-19(29)24-23-18(26)10-27-15-6-5-13(20)8-14(15)21/h3-8H,9-10H2,1-2H3,(H,23,26)(H2,22,24,25,29). The van der Waals surface area contributed by atoms with Gasteiger partial charge in [-0.3, -0.25) is 25.8 Å². The van der Waals surface area contributed by atoms with Crippen LogP contribution in [-0.2, 0) is 9.59 Å². The predicted molar refractivity (Wildman–Crippen MR) is 121 cm³/mol. The second kappa shape index (κ2) is 11.1. The summed E-state index contributed by atoms with van der Waals surface area (Å²) >= 11 is 11.7. The highest BCUT2D eigenvalue weighted by atomic mass is 79.9. The van der Waals surface area contributed by atoms with Gasteiger partial charge in [0.25, 0.3) is 11.8 Å². The van der Waals surface area contributed by atoms with E-state index in [1.807, 2.05) is 32.0 Å². The molecule has 7 nitrogen and oxygen atoms in total. The van der Waals surface area contributed by atoms with Crippen LogP contribution >= 0.6 is 44.1 Å². The maximum absolute atomic E-state index is 11.9. The van der Waals surface area contributed by atoms with Gasteiger partial charge in [-0.2, -0.15) is 0 Å². The van der Waals surface area contributed by atoms with Crippen LogP contribution in [0.4, 0.5) is 0 Å². The highest BCUT2D eigenvalue weighted by molar-refractivity contribution is 9.11. The minimum atomic E-state index is -0.469. The fourth-order valence-electron chi connectivity index (χ4n) is 2.10. The summed E-state index contributed by atoms with van der Waals surface area (Å²) < 4.78 is 12.5. The minimum Gasteiger partial charge on any atom is -0.483 e. The third-order valence-electron chi connectivity index (χ3n) is 3.52. The van der Waals surface area contributed by atoms with E-state index < -0.39 is 11.8 Å². The Kier molecular flexibility index (Phi) is 8.87. The first-order valence-corrected chi connectivity index (χ1v) is 10.4. The normalized spacial score (nSPS) is 10.1. The number of benzene rings is 2. The third kappa shape index (κ3) is 8.00. The molecule has 0 aliphatic rings. The number of hydrogen-bond acceptors (Lipinski definition) is 5. The van der Waals surface area contributed by atoms with Crippen LogP contribution in [-0.4, -0.2) is 30.1 Å². The quantitative estimate of drug-likeness (QED) is 0.382. The van der Waals surface area contributed by atoms with Crippen LogP contribution in [0.25, 0.3) is 0 Å². The van der Waals surface area contributed by atoms with Crippen molar-refractivity contribution in [2.75, 3.05) is 13.2 Å². The monoisotopic (exact) mass is 543 g/mol. The van der Waals surface area contributed by atoms with E-state index in [1.54, 1.807) is 18.2 Å². The summed E-state index contributed by atoms with van der Waals surface area (Å²) in [6.07, 6.45) is 0. The highest BCUT2D eigenvalue weighted by Gasteiger charge is 2.09. The molecule has 3 N–H and O–H groups in total. The lowest BCUT2D eigenvalue weighted by molar-refractivity contribution is -0.124. The highest BCUT2D eigenvalue weighted by Crippen LogP contribution is 2.28. The van der Waals surface area contributed by atoms with E-state index in [2.05, 4.69) is 48.0 Å². The number of carbonyl (C=O) groups excluding carboxylic acids is 2. The van der Waals surface area contributed by atoms with Crippen molar-refractivity contribution < 1.29 is 19.1 Å². The fraction of sp³-hybridized carbons (Fsp3) is 0.211. The zero-order valence-corrected chi connectivity index (χ0v) is 19.7. The number of amides is 2. The van der Waals surface area contributed by atoms with Crippen molar-refractivity contribution in [3.63, 3.8) is 0 Å². The van der Waals surface area contributed by atoms with Crippen LogP contribution in [0.2, 0.25) is 0 Å². The lowest BCUT2D eigenvalue weighted by Gasteiger charge is -2.13. The largest absolute Gasteiger partial charge is 0.483 e. The average molecular weight is 545 g/mol. The van der Waals surface area contributed by atoms with E-state index in [4.69, 9.17) is 21.7 Å². The van der Waals surface area contributed by atoms with Gasteiger partial charge in [-0.25, -0.2) is 0 Å². The van der Waals surface area contributed by atoms with Gasteiger partial charge in [0, 0.05) is 4.47 Å². The molecule has 0 radical (unpaired) electrons. The summed E-state index contributed by atoms with van der Waals surface area (Å²) in [5.74, 6) is 0.224. The molecule has 0 aliphatic heterocycles. The van der Waals surface area contributed by atoms with Gasteiger partial charge >= 0.3 is 0 Å². The molecule has 0 bridgehead atoms. The van der Waals surface area contributed by atoms with Crippen molar-refractivity contribution in [2.24, 2.45) is 0 Å². The van der Waals surface area contributed by atoms with Gasteiger partial charge in [-0.1, -0.05) is 28.1 Å². The maximum atomic E-state index is 11.9. The number of hydrazine groups is 1. The molecule has 0 atom stereocenters. The molecule has 0 fully saturated rings. The lowest BCUT2D eigenvalue weighted by atomic mass is 10.1. The molecule has 0 unspecified atom stereocenters. The Morgan fingerprint density at radius 2 is 1.62 bits per heavy atom. The van der Waals surface area contributed by atoms with Crippen LogP contribution in [0.5, 0.6) is 11.5 Å². The number of rotatable bonds is 6. The number of nitrogens with one attached hydrogen (secondary N) is 3. The second-order valence-electron chi connectivity index (χ2n) is 5.97. The zero-order chi connectivity index (χ0) is 21.4. The molecule has 0 aliphatic carbocycles.